The zero-order valence-electron chi connectivity index (χ0n) is 11.5. The van der Waals surface area contributed by atoms with Crippen LogP contribution in [0.15, 0.2) is 0 Å². The average Bonchev–Trinajstić information content (AvgIpc) is 2.44. The van der Waals surface area contributed by atoms with E-state index in [0.717, 1.165) is 0 Å². The van der Waals surface area contributed by atoms with Crippen LogP contribution in [-0.4, -0.2) is 61.1 Å². The van der Waals surface area contributed by atoms with Crippen molar-refractivity contribution in [1.29, 1.82) is 0 Å². The third kappa shape index (κ3) is 3.81. The van der Waals surface area contributed by atoms with E-state index >= 15 is 0 Å². The molecule has 0 rings (SSSR count). The van der Waals surface area contributed by atoms with Gasteiger partial charge in [-0.15, -0.1) is 0 Å². The topological polar surface area (TPSA) is 277 Å². The first-order valence-corrected chi connectivity index (χ1v) is 5.39. The molecule has 0 aliphatic rings. The summed E-state index contributed by atoms with van der Waals surface area (Å²) in [6.07, 6.45) is 0. The molecule has 0 unspecified atom stereocenters. The smallest absolute Gasteiger partial charge is 0.333 e. The molecule has 0 aliphatic heterocycles. The second-order valence-corrected chi connectivity index (χ2v) is 3.91. The molecule has 0 aromatic carbocycles. The van der Waals surface area contributed by atoms with Crippen molar-refractivity contribution in [3.05, 3.63) is 60.7 Å². The lowest BCUT2D eigenvalue weighted by molar-refractivity contribution is -0.972. The van der Waals surface area contributed by atoms with E-state index in [-0.39, 0.29) is 0 Å². The molecule has 0 atom stereocenters. The number of ether oxygens (including phenoxy) is 2. The van der Waals surface area contributed by atoms with E-state index in [1.807, 2.05) is 0 Å². The number of hydrogen-bond donors (Lipinski definition) is 0. The van der Waals surface area contributed by atoms with E-state index in [1.165, 1.54) is 0 Å². The highest BCUT2D eigenvalue weighted by Crippen LogP contribution is 2.15. The average molecular weight is 374 g/mol. The van der Waals surface area contributed by atoms with E-state index < -0.39 is 61.1 Å². The van der Waals surface area contributed by atoms with Gasteiger partial charge in [0.05, 0.1) is 0 Å². The van der Waals surface area contributed by atoms with Crippen LogP contribution in [0.4, 0.5) is 0 Å². The molecule has 0 spiro atoms. The number of nitrogens with zero attached hydrogens (tertiary/aromatic N) is 6. The van der Waals surface area contributed by atoms with Gasteiger partial charge in [-0.1, -0.05) is 0 Å². The summed E-state index contributed by atoms with van der Waals surface area (Å²) < 4.78 is 8.21. The minimum atomic E-state index is -4.03. The second kappa shape index (κ2) is 7.73. The number of rotatable bonds is 12. The molecular weight excluding hydrogens is 368 g/mol. The molecule has 25 heavy (non-hydrogen) atoms. The summed E-state index contributed by atoms with van der Waals surface area (Å²) in [6.45, 7) is -5.08. The van der Waals surface area contributed by atoms with Crippen molar-refractivity contribution in [2.45, 2.75) is 11.6 Å². The van der Waals surface area contributed by atoms with Gasteiger partial charge in [-0.05, 0) is 0 Å². The van der Waals surface area contributed by atoms with Crippen molar-refractivity contribution in [3.8, 4) is 0 Å². The normalized spacial score (nSPS) is 11.5. The Morgan fingerprint density at radius 1 is 0.520 bits per heavy atom. The molecule has 0 radical (unpaired) electrons. The standard InChI is InChI=1S/C5H6N6O14/c12-6(13)4(7(14)15,8(16)17)1-24-3-25-2-5(9(18)19,10(20)21)11(22)23/h1-3H2. The van der Waals surface area contributed by atoms with E-state index in [2.05, 4.69) is 9.47 Å². The maximum atomic E-state index is 10.5. The SMILES string of the molecule is O=[N+]([O-])C(COCOCC([N+](=O)[O-])([N+](=O)[O-])[N+](=O)[O-])([N+](=O)[O-])[N+](=O)[O-]. The first kappa shape index (κ1) is 21.3. The van der Waals surface area contributed by atoms with Crippen molar-refractivity contribution in [2.24, 2.45) is 0 Å². The first-order valence-electron chi connectivity index (χ1n) is 5.39. The van der Waals surface area contributed by atoms with Crippen LogP contribution in [0.3, 0.4) is 0 Å². The molecule has 0 fully saturated rings. The van der Waals surface area contributed by atoms with Crippen LogP contribution in [0.25, 0.3) is 0 Å². The van der Waals surface area contributed by atoms with Crippen LogP contribution >= 0.6 is 0 Å². The first-order chi connectivity index (χ1) is 11.4. The fourth-order valence-corrected chi connectivity index (χ4v) is 1.13. The Morgan fingerprint density at radius 3 is 0.880 bits per heavy atom. The second-order valence-electron chi connectivity index (χ2n) is 3.91. The summed E-state index contributed by atoms with van der Waals surface area (Å²) >= 11 is 0. The monoisotopic (exact) mass is 374 g/mol. The lowest BCUT2D eigenvalue weighted by Crippen LogP contribution is -2.57. The fraction of sp³-hybridized carbons (Fsp3) is 1.00. The lowest BCUT2D eigenvalue weighted by atomic mass is 10.4. The molecule has 0 bridgehead atoms. The molecule has 20 heteroatoms. The summed E-state index contributed by atoms with van der Waals surface area (Å²) in [7, 11) is 0. The highest BCUT2D eigenvalue weighted by molar-refractivity contribution is 4.53. The molecule has 20 nitrogen and oxygen atoms in total. The highest BCUT2D eigenvalue weighted by atomic mass is 16.8. The predicted octanol–water partition coefficient (Wildman–Crippen LogP) is -2.06. The third-order valence-electron chi connectivity index (χ3n) is 2.51. The van der Waals surface area contributed by atoms with Gasteiger partial charge >= 0.3 is 11.6 Å². The minimum Gasteiger partial charge on any atom is -0.333 e. The van der Waals surface area contributed by atoms with Crippen molar-refractivity contribution in [3.63, 3.8) is 0 Å². The van der Waals surface area contributed by atoms with E-state index in [1.54, 1.807) is 0 Å². The Hall–Kier alpha value is -3.68. The largest absolute Gasteiger partial charge is 0.723 e. The minimum absolute atomic E-state index is 1.42. The van der Waals surface area contributed by atoms with Gasteiger partial charge in [0.25, 0.3) is 13.2 Å². The molecule has 0 aliphatic carbocycles. The molecule has 0 heterocycles. The maximum Gasteiger partial charge on any atom is 0.723 e. The highest BCUT2D eigenvalue weighted by Gasteiger charge is 2.72. The van der Waals surface area contributed by atoms with Gasteiger partial charge in [0, 0.05) is 0 Å². The Bertz CT molecular complexity index is 491. The van der Waals surface area contributed by atoms with Gasteiger partial charge in [0.2, 0.25) is 0 Å². The van der Waals surface area contributed by atoms with Crippen molar-refractivity contribution in [1.82, 2.24) is 0 Å². The van der Waals surface area contributed by atoms with E-state index in [4.69, 9.17) is 0 Å². The third-order valence-corrected chi connectivity index (χ3v) is 2.51. The zero-order chi connectivity index (χ0) is 20.0. The Kier molecular flexibility index (Phi) is 6.59. The fourth-order valence-electron chi connectivity index (χ4n) is 1.13. The Labute approximate surface area is 132 Å². The molecular formula is C5H6N6O14. The van der Waals surface area contributed by atoms with Crippen LogP contribution in [0.2, 0.25) is 0 Å². The van der Waals surface area contributed by atoms with Gasteiger partial charge in [-0.3, -0.25) is 60.7 Å². The summed E-state index contributed by atoms with van der Waals surface area (Å²) in [5.41, 5.74) is 0. The van der Waals surface area contributed by atoms with Crippen LogP contribution in [0.5, 0.6) is 0 Å². The van der Waals surface area contributed by atoms with Crippen LogP contribution in [0.1, 0.15) is 0 Å². The quantitative estimate of drug-likeness (QED) is 0.154. The van der Waals surface area contributed by atoms with Crippen LogP contribution < -0.4 is 0 Å². The molecule has 140 valence electrons. The van der Waals surface area contributed by atoms with E-state index in [0.29, 0.717) is 0 Å². The molecule has 0 N–H and O–H groups in total. The summed E-state index contributed by atoms with van der Waals surface area (Å²) in [5.74, 6) is -8.06. The van der Waals surface area contributed by atoms with Crippen molar-refractivity contribution in [2.75, 3.05) is 20.0 Å². The summed E-state index contributed by atoms with van der Waals surface area (Å²) in [4.78, 5) is 51.8. The van der Waals surface area contributed by atoms with Gasteiger partial charge in [0.15, 0.2) is 29.5 Å². The number of nitro groups is 6. The molecule has 0 saturated heterocycles. The maximum absolute atomic E-state index is 10.5. The zero-order valence-corrected chi connectivity index (χ0v) is 11.5. The van der Waals surface area contributed by atoms with Crippen molar-refractivity contribution < 1.29 is 39.0 Å². The Morgan fingerprint density at radius 2 is 0.720 bits per heavy atom. The van der Waals surface area contributed by atoms with E-state index in [9.17, 15) is 60.7 Å². The van der Waals surface area contributed by atoms with Gasteiger partial charge in [-0.2, -0.15) is 0 Å². The summed E-state index contributed by atoms with van der Waals surface area (Å²) in [5, 5.41) is 63.2. The molecule has 0 aromatic rings. The van der Waals surface area contributed by atoms with Gasteiger partial charge in [0.1, 0.15) is 6.79 Å². The predicted molar refractivity (Wildman–Crippen MR) is 64.2 cm³/mol. The molecule has 0 aromatic heterocycles. The van der Waals surface area contributed by atoms with Gasteiger partial charge < -0.3 is 9.47 Å². The molecule has 0 saturated carbocycles. The Balaban J connectivity index is 5.02. The van der Waals surface area contributed by atoms with Crippen molar-refractivity contribution >= 4 is 0 Å². The van der Waals surface area contributed by atoms with Gasteiger partial charge in [-0.25, -0.2) is 0 Å². The summed E-state index contributed by atoms with van der Waals surface area (Å²) in [6, 6.07) is 0. The van der Waals surface area contributed by atoms with Crippen LogP contribution in [0, 0.1) is 60.7 Å². The number of hydrogen-bond acceptors (Lipinski definition) is 14. The van der Waals surface area contributed by atoms with Crippen LogP contribution in [-0.2, 0) is 9.47 Å². The molecule has 0 amide bonds. The lowest BCUT2D eigenvalue weighted by Gasteiger charge is -2.11.